The first kappa shape index (κ1) is 15.1. The molecule has 6 heteroatoms. The molecule has 21 heavy (non-hydrogen) atoms. The Kier molecular flexibility index (Phi) is 5.34. The van der Waals surface area contributed by atoms with Crippen LogP contribution < -0.4 is 15.4 Å². The highest BCUT2D eigenvalue weighted by molar-refractivity contribution is 5.90. The average molecular weight is 288 g/mol. The van der Waals surface area contributed by atoms with Gasteiger partial charge in [-0.1, -0.05) is 6.92 Å². The van der Waals surface area contributed by atoms with Crippen LogP contribution >= 0.6 is 0 Å². The summed E-state index contributed by atoms with van der Waals surface area (Å²) in [4.78, 5) is 16.3. The molecule has 2 N–H and O–H groups in total. The van der Waals surface area contributed by atoms with Gasteiger partial charge in [-0.05, 0) is 30.8 Å². The van der Waals surface area contributed by atoms with Gasteiger partial charge in [0.15, 0.2) is 0 Å². The normalized spacial score (nSPS) is 10.4. The lowest BCUT2D eigenvalue weighted by Crippen LogP contribution is -2.22. The number of benzene rings is 1. The highest BCUT2D eigenvalue weighted by Gasteiger charge is 2.07. The topological polar surface area (TPSA) is 68.2 Å². The van der Waals surface area contributed by atoms with E-state index in [4.69, 9.17) is 4.74 Å². The molecule has 0 spiro atoms. The fourth-order valence-corrected chi connectivity index (χ4v) is 1.92. The van der Waals surface area contributed by atoms with Gasteiger partial charge < -0.3 is 19.9 Å². The summed E-state index contributed by atoms with van der Waals surface area (Å²) in [6, 6.07) is 7.24. The van der Waals surface area contributed by atoms with Crippen LogP contribution in [0.5, 0.6) is 5.75 Å². The van der Waals surface area contributed by atoms with Crippen molar-refractivity contribution in [2.45, 2.75) is 20.0 Å². The summed E-state index contributed by atoms with van der Waals surface area (Å²) < 4.78 is 6.92. The van der Waals surface area contributed by atoms with Crippen molar-refractivity contribution in [2.24, 2.45) is 0 Å². The van der Waals surface area contributed by atoms with Crippen LogP contribution in [0.15, 0.2) is 36.7 Å². The van der Waals surface area contributed by atoms with Gasteiger partial charge in [0.05, 0.1) is 13.7 Å². The van der Waals surface area contributed by atoms with Gasteiger partial charge >= 0.3 is 0 Å². The van der Waals surface area contributed by atoms with E-state index < -0.39 is 0 Å². The van der Waals surface area contributed by atoms with Gasteiger partial charge in [0.1, 0.15) is 18.1 Å². The first-order valence-electron chi connectivity index (χ1n) is 6.87. The smallest absolute Gasteiger partial charge is 0.244 e. The fraction of sp³-hybridized carbons (Fsp3) is 0.333. The molecule has 0 saturated carbocycles. The number of ether oxygens (including phenoxy) is 1. The summed E-state index contributed by atoms with van der Waals surface area (Å²) in [5, 5.41) is 6.05. The molecule has 0 radical (unpaired) electrons. The number of amides is 1. The Morgan fingerprint density at radius 3 is 2.76 bits per heavy atom. The van der Waals surface area contributed by atoms with Crippen LogP contribution in [0.3, 0.4) is 0 Å². The number of aromatic nitrogens is 2. The number of imidazole rings is 1. The lowest BCUT2D eigenvalue weighted by molar-refractivity contribution is -0.116. The van der Waals surface area contributed by atoms with Crippen molar-refractivity contribution in [1.82, 2.24) is 14.9 Å². The molecule has 1 heterocycles. The van der Waals surface area contributed by atoms with Crippen LogP contribution in [0, 0.1) is 0 Å². The molecule has 112 valence electrons. The van der Waals surface area contributed by atoms with Crippen molar-refractivity contribution in [3.63, 3.8) is 0 Å². The lowest BCUT2D eigenvalue weighted by Gasteiger charge is -2.09. The predicted molar refractivity (Wildman–Crippen MR) is 81.2 cm³/mol. The first-order chi connectivity index (χ1) is 10.2. The van der Waals surface area contributed by atoms with Crippen molar-refractivity contribution in [2.75, 3.05) is 19.0 Å². The van der Waals surface area contributed by atoms with E-state index >= 15 is 0 Å². The molecule has 0 saturated heterocycles. The van der Waals surface area contributed by atoms with E-state index in [0.29, 0.717) is 6.54 Å². The Labute approximate surface area is 124 Å². The molecule has 2 aromatic rings. The second-order valence-electron chi connectivity index (χ2n) is 4.53. The molecule has 0 aliphatic heterocycles. The van der Waals surface area contributed by atoms with E-state index in [1.165, 1.54) is 0 Å². The summed E-state index contributed by atoms with van der Waals surface area (Å²) in [5.74, 6) is 1.52. The molecule has 1 amide bonds. The Bertz CT molecular complexity index is 578. The number of nitrogens with one attached hydrogen (secondary N) is 2. The Morgan fingerprint density at radius 2 is 2.10 bits per heavy atom. The van der Waals surface area contributed by atoms with Crippen LogP contribution in [0.25, 0.3) is 0 Å². The van der Waals surface area contributed by atoms with Crippen molar-refractivity contribution < 1.29 is 9.53 Å². The van der Waals surface area contributed by atoms with Gasteiger partial charge in [0, 0.05) is 18.1 Å². The summed E-state index contributed by atoms with van der Waals surface area (Å²) in [5.41, 5.74) is 0.745. The summed E-state index contributed by atoms with van der Waals surface area (Å²) in [6.07, 6.45) is 3.51. The van der Waals surface area contributed by atoms with Crippen molar-refractivity contribution in [1.29, 1.82) is 0 Å². The molecule has 0 aliphatic carbocycles. The van der Waals surface area contributed by atoms with Crippen molar-refractivity contribution >= 4 is 11.6 Å². The standard InChI is InChI=1S/C15H20N4O2/c1-3-16-10-14-17-8-9-19(14)11-15(20)18-12-4-6-13(21-2)7-5-12/h4-9,16H,3,10-11H2,1-2H3,(H,18,20). The molecule has 0 bridgehead atoms. The second kappa shape index (κ2) is 7.44. The number of anilines is 1. The minimum Gasteiger partial charge on any atom is -0.497 e. The molecule has 6 nitrogen and oxygen atoms in total. The number of carbonyl (C=O) groups is 1. The van der Waals surface area contributed by atoms with Crippen LogP contribution in [-0.2, 0) is 17.9 Å². The zero-order valence-corrected chi connectivity index (χ0v) is 12.3. The van der Waals surface area contributed by atoms with Crippen molar-refractivity contribution in [3.8, 4) is 5.75 Å². The zero-order chi connectivity index (χ0) is 15.1. The predicted octanol–water partition coefficient (Wildman–Crippen LogP) is 1.64. The van der Waals surface area contributed by atoms with Gasteiger partial charge in [-0.15, -0.1) is 0 Å². The lowest BCUT2D eigenvalue weighted by atomic mass is 10.3. The first-order valence-corrected chi connectivity index (χ1v) is 6.87. The monoisotopic (exact) mass is 288 g/mol. The minimum absolute atomic E-state index is 0.0871. The largest absolute Gasteiger partial charge is 0.497 e. The molecule has 0 unspecified atom stereocenters. The van der Waals surface area contributed by atoms with E-state index in [0.717, 1.165) is 23.8 Å². The van der Waals surface area contributed by atoms with E-state index in [1.54, 1.807) is 19.5 Å². The molecule has 0 atom stereocenters. The Morgan fingerprint density at radius 1 is 1.33 bits per heavy atom. The van der Waals surface area contributed by atoms with Crippen molar-refractivity contribution in [3.05, 3.63) is 42.5 Å². The number of rotatable bonds is 7. The Balaban J connectivity index is 1.93. The van der Waals surface area contributed by atoms with Gasteiger partial charge in [-0.3, -0.25) is 4.79 Å². The zero-order valence-electron chi connectivity index (χ0n) is 12.3. The van der Waals surface area contributed by atoms with Crippen LogP contribution in [0.1, 0.15) is 12.7 Å². The van der Waals surface area contributed by atoms with Gasteiger partial charge in [-0.25, -0.2) is 4.98 Å². The number of carbonyl (C=O) groups excluding carboxylic acids is 1. The molecule has 0 fully saturated rings. The third kappa shape index (κ3) is 4.32. The quantitative estimate of drug-likeness (QED) is 0.812. The van der Waals surface area contributed by atoms with E-state index in [2.05, 4.69) is 15.6 Å². The number of methoxy groups -OCH3 is 1. The summed E-state index contributed by atoms with van der Waals surface area (Å²) in [6.45, 7) is 3.79. The van der Waals surface area contributed by atoms with Crippen LogP contribution in [0.4, 0.5) is 5.69 Å². The maximum Gasteiger partial charge on any atom is 0.244 e. The van der Waals surface area contributed by atoms with Crippen LogP contribution in [-0.4, -0.2) is 29.1 Å². The molecule has 1 aromatic heterocycles. The Hall–Kier alpha value is -2.34. The molecule has 0 aliphatic rings. The fourth-order valence-electron chi connectivity index (χ4n) is 1.92. The molecular weight excluding hydrogens is 268 g/mol. The minimum atomic E-state index is -0.0871. The third-order valence-electron chi connectivity index (χ3n) is 3.02. The molecule has 1 aromatic carbocycles. The average Bonchev–Trinajstić information content (AvgIpc) is 2.93. The van der Waals surface area contributed by atoms with Gasteiger partial charge in [0.2, 0.25) is 5.91 Å². The second-order valence-corrected chi connectivity index (χ2v) is 4.53. The molecule has 2 rings (SSSR count). The molecular formula is C15H20N4O2. The number of hydrogen-bond acceptors (Lipinski definition) is 4. The number of nitrogens with zero attached hydrogens (tertiary/aromatic N) is 2. The van der Waals surface area contributed by atoms with E-state index in [-0.39, 0.29) is 12.5 Å². The highest BCUT2D eigenvalue weighted by atomic mass is 16.5. The van der Waals surface area contributed by atoms with Gasteiger partial charge in [0.25, 0.3) is 0 Å². The summed E-state index contributed by atoms with van der Waals surface area (Å²) >= 11 is 0. The van der Waals surface area contributed by atoms with Gasteiger partial charge in [-0.2, -0.15) is 0 Å². The SMILES string of the molecule is CCNCc1nccn1CC(=O)Nc1ccc(OC)cc1. The van der Waals surface area contributed by atoms with E-state index in [1.807, 2.05) is 35.8 Å². The maximum absolute atomic E-state index is 12.0. The summed E-state index contributed by atoms with van der Waals surface area (Å²) in [7, 11) is 1.61. The highest BCUT2D eigenvalue weighted by Crippen LogP contribution is 2.15. The maximum atomic E-state index is 12.0. The van der Waals surface area contributed by atoms with Crippen LogP contribution in [0.2, 0.25) is 0 Å². The van der Waals surface area contributed by atoms with E-state index in [9.17, 15) is 4.79 Å². The third-order valence-corrected chi connectivity index (χ3v) is 3.02. The number of hydrogen-bond donors (Lipinski definition) is 2.